The Morgan fingerprint density at radius 1 is 1.00 bits per heavy atom. The van der Waals surface area contributed by atoms with Gasteiger partial charge in [0.15, 0.2) is 0 Å². The third-order valence-corrected chi connectivity index (χ3v) is 3.10. The van der Waals surface area contributed by atoms with Crippen molar-refractivity contribution < 1.29 is 27.5 Å². The number of hydrogen-bond donors (Lipinski definition) is 2. The molecule has 25 heavy (non-hydrogen) atoms. The molecule has 0 heterocycles. The quantitative estimate of drug-likeness (QED) is 0.866. The lowest BCUT2D eigenvalue weighted by molar-refractivity contribution is -0.274. The van der Waals surface area contributed by atoms with Crippen LogP contribution in [0, 0.1) is 0 Å². The van der Waals surface area contributed by atoms with Gasteiger partial charge < -0.3 is 15.4 Å². The zero-order valence-corrected chi connectivity index (χ0v) is 13.2. The number of carbonyl (C=O) groups is 2. The maximum absolute atomic E-state index is 12.1. The largest absolute Gasteiger partial charge is 0.573 e. The van der Waals surface area contributed by atoms with E-state index in [-0.39, 0.29) is 11.7 Å². The van der Waals surface area contributed by atoms with E-state index >= 15 is 0 Å². The van der Waals surface area contributed by atoms with Crippen LogP contribution in [0.5, 0.6) is 5.75 Å². The zero-order chi connectivity index (χ0) is 18.4. The molecule has 0 bridgehead atoms. The smallest absolute Gasteiger partial charge is 0.406 e. The molecule has 0 unspecified atom stereocenters. The van der Waals surface area contributed by atoms with Gasteiger partial charge >= 0.3 is 6.36 Å². The van der Waals surface area contributed by atoms with Crippen LogP contribution in [0.3, 0.4) is 0 Å². The SMILES string of the molecule is CC(=O)NCc1ccc(C(=O)Nc2ccc(OC(F)(F)F)cc2)cc1. The van der Waals surface area contributed by atoms with Gasteiger partial charge in [-0.3, -0.25) is 9.59 Å². The van der Waals surface area contributed by atoms with Crippen molar-refractivity contribution in [1.82, 2.24) is 5.32 Å². The molecule has 2 aromatic rings. The molecular weight excluding hydrogens is 337 g/mol. The summed E-state index contributed by atoms with van der Waals surface area (Å²) < 4.78 is 40.0. The van der Waals surface area contributed by atoms with Crippen LogP contribution in [0.15, 0.2) is 48.5 Å². The van der Waals surface area contributed by atoms with E-state index in [4.69, 9.17) is 0 Å². The Bertz CT molecular complexity index is 741. The second-order valence-corrected chi connectivity index (χ2v) is 5.13. The number of anilines is 1. The van der Waals surface area contributed by atoms with Crippen LogP contribution in [0.4, 0.5) is 18.9 Å². The Morgan fingerprint density at radius 3 is 2.12 bits per heavy atom. The molecule has 0 saturated heterocycles. The molecule has 0 aliphatic carbocycles. The van der Waals surface area contributed by atoms with Gasteiger partial charge in [-0.05, 0) is 42.0 Å². The number of amides is 2. The van der Waals surface area contributed by atoms with Gasteiger partial charge in [0.25, 0.3) is 5.91 Å². The molecule has 2 amide bonds. The number of ether oxygens (including phenoxy) is 1. The lowest BCUT2D eigenvalue weighted by Crippen LogP contribution is -2.19. The summed E-state index contributed by atoms with van der Waals surface area (Å²) >= 11 is 0. The fourth-order valence-electron chi connectivity index (χ4n) is 1.94. The topological polar surface area (TPSA) is 67.4 Å². The second-order valence-electron chi connectivity index (χ2n) is 5.13. The Balaban J connectivity index is 1.96. The fraction of sp³-hybridized carbons (Fsp3) is 0.176. The molecule has 0 atom stereocenters. The monoisotopic (exact) mass is 352 g/mol. The average molecular weight is 352 g/mol. The molecule has 0 aromatic heterocycles. The third kappa shape index (κ3) is 6.17. The molecule has 2 rings (SSSR count). The van der Waals surface area contributed by atoms with Gasteiger partial charge in [-0.1, -0.05) is 12.1 Å². The number of alkyl halides is 3. The standard InChI is InChI=1S/C17H15F3N2O3/c1-11(23)21-10-12-2-4-13(5-3-12)16(24)22-14-6-8-15(9-7-14)25-17(18,19)20/h2-9H,10H2,1H3,(H,21,23)(H,22,24). The number of hydrogen-bond acceptors (Lipinski definition) is 3. The Hall–Kier alpha value is -3.03. The van der Waals surface area contributed by atoms with Crippen molar-refractivity contribution in [3.63, 3.8) is 0 Å². The predicted molar refractivity (Wildman–Crippen MR) is 85.0 cm³/mol. The van der Waals surface area contributed by atoms with Crippen LogP contribution in [-0.2, 0) is 11.3 Å². The van der Waals surface area contributed by atoms with Gasteiger partial charge in [-0.25, -0.2) is 0 Å². The Kier molecular flexibility index (Phi) is 5.63. The molecule has 5 nitrogen and oxygen atoms in total. The molecule has 0 aliphatic heterocycles. The lowest BCUT2D eigenvalue weighted by Gasteiger charge is -2.10. The highest BCUT2D eigenvalue weighted by Crippen LogP contribution is 2.24. The fourth-order valence-corrected chi connectivity index (χ4v) is 1.94. The molecular formula is C17H15F3N2O3. The van der Waals surface area contributed by atoms with Gasteiger partial charge in [0.05, 0.1) is 0 Å². The molecule has 132 valence electrons. The van der Waals surface area contributed by atoms with Crippen molar-refractivity contribution in [3.8, 4) is 5.75 Å². The number of benzene rings is 2. The van der Waals surface area contributed by atoms with E-state index in [1.807, 2.05) is 0 Å². The van der Waals surface area contributed by atoms with Crippen molar-refractivity contribution in [3.05, 3.63) is 59.7 Å². The number of nitrogens with one attached hydrogen (secondary N) is 2. The summed E-state index contributed by atoms with van der Waals surface area (Å²) in [6, 6.07) is 11.4. The maximum Gasteiger partial charge on any atom is 0.573 e. The van der Waals surface area contributed by atoms with Gasteiger partial charge in [-0.2, -0.15) is 0 Å². The predicted octanol–water partition coefficient (Wildman–Crippen LogP) is 3.47. The van der Waals surface area contributed by atoms with Crippen molar-refractivity contribution in [2.45, 2.75) is 19.8 Å². The summed E-state index contributed by atoms with van der Waals surface area (Å²) in [5.41, 5.74) is 1.55. The summed E-state index contributed by atoms with van der Waals surface area (Å²) in [5.74, 6) is -0.928. The minimum Gasteiger partial charge on any atom is -0.406 e. The van der Waals surface area contributed by atoms with Crippen LogP contribution in [0.1, 0.15) is 22.8 Å². The first-order valence-electron chi connectivity index (χ1n) is 7.23. The van der Waals surface area contributed by atoms with Crippen LogP contribution in [-0.4, -0.2) is 18.2 Å². The Labute approximate surface area is 141 Å². The molecule has 8 heteroatoms. The number of rotatable bonds is 5. The summed E-state index contributed by atoms with van der Waals surface area (Å²) in [5, 5.41) is 5.21. The second kappa shape index (κ2) is 7.69. The first-order valence-corrected chi connectivity index (χ1v) is 7.23. The summed E-state index contributed by atoms with van der Waals surface area (Å²) in [6.45, 7) is 1.77. The minimum absolute atomic E-state index is 0.153. The number of halogens is 3. The Morgan fingerprint density at radius 2 is 1.60 bits per heavy atom. The maximum atomic E-state index is 12.1. The van der Waals surface area contributed by atoms with Crippen molar-refractivity contribution in [2.24, 2.45) is 0 Å². The van der Waals surface area contributed by atoms with Gasteiger partial charge in [0.1, 0.15) is 5.75 Å². The normalized spacial score (nSPS) is 10.9. The van der Waals surface area contributed by atoms with E-state index in [2.05, 4.69) is 15.4 Å². The van der Waals surface area contributed by atoms with E-state index in [1.165, 1.54) is 19.1 Å². The van der Waals surface area contributed by atoms with Crippen LogP contribution in [0.25, 0.3) is 0 Å². The highest BCUT2D eigenvalue weighted by atomic mass is 19.4. The molecule has 2 aromatic carbocycles. The van der Waals surface area contributed by atoms with Crippen LogP contribution in [0.2, 0.25) is 0 Å². The van der Waals surface area contributed by atoms with Crippen LogP contribution >= 0.6 is 0 Å². The van der Waals surface area contributed by atoms with E-state index in [0.717, 1.165) is 17.7 Å². The highest BCUT2D eigenvalue weighted by molar-refractivity contribution is 6.04. The summed E-state index contributed by atoms with van der Waals surface area (Å²) in [6.07, 6.45) is -4.76. The van der Waals surface area contributed by atoms with Gasteiger partial charge in [0.2, 0.25) is 5.91 Å². The third-order valence-electron chi connectivity index (χ3n) is 3.10. The van der Waals surface area contributed by atoms with E-state index < -0.39 is 12.3 Å². The molecule has 0 spiro atoms. The van der Waals surface area contributed by atoms with Gasteiger partial charge in [0, 0.05) is 24.7 Å². The van der Waals surface area contributed by atoms with E-state index in [9.17, 15) is 22.8 Å². The van der Waals surface area contributed by atoms with Crippen molar-refractivity contribution >= 4 is 17.5 Å². The van der Waals surface area contributed by atoms with Crippen molar-refractivity contribution in [2.75, 3.05) is 5.32 Å². The first-order chi connectivity index (χ1) is 11.7. The molecule has 0 aliphatic rings. The minimum atomic E-state index is -4.76. The molecule has 2 N–H and O–H groups in total. The van der Waals surface area contributed by atoms with E-state index in [1.54, 1.807) is 24.3 Å². The van der Waals surface area contributed by atoms with E-state index in [0.29, 0.717) is 17.8 Å². The zero-order valence-electron chi connectivity index (χ0n) is 13.2. The first kappa shape index (κ1) is 18.3. The van der Waals surface area contributed by atoms with Crippen LogP contribution < -0.4 is 15.4 Å². The lowest BCUT2D eigenvalue weighted by atomic mass is 10.1. The summed E-state index contributed by atoms with van der Waals surface area (Å²) in [4.78, 5) is 23.0. The molecule has 0 radical (unpaired) electrons. The number of carbonyl (C=O) groups excluding carboxylic acids is 2. The van der Waals surface area contributed by atoms with Crippen molar-refractivity contribution in [1.29, 1.82) is 0 Å². The average Bonchev–Trinajstić information content (AvgIpc) is 2.54. The van der Waals surface area contributed by atoms with Gasteiger partial charge in [-0.15, -0.1) is 13.2 Å². The molecule has 0 fully saturated rings. The highest BCUT2D eigenvalue weighted by Gasteiger charge is 2.30. The molecule has 0 saturated carbocycles. The summed E-state index contributed by atoms with van der Waals surface area (Å²) in [7, 11) is 0.